The summed E-state index contributed by atoms with van der Waals surface area (Å²) in [6, 6.07) is -0.117. The van der Waals surface area contributed by atoms with Gasteiger partial charge in [-0.25, -0.2) is 4.79 Å². The molecule has 5 heteroatoms. The lowest BCUT2D eigenvalue weighted by Crippen LogP contribution is -2.52. The maximum atomic E-state index is 11.3. The first-order valence-electron chi connectivity index (χ1n) is 4.40. The van der Waals surface area contributed by atoms with Gasteiger partial charge >= 0.3 is 6.03 Å². The largest absolute Gasteiger partial charge is 0.394 e. The predicted molar refractivity (Wildman–Crippen MR) is 47.4 cm³/mol. The van der Waals surface area contributed by atoms with Crippen LogP contribution < -0.4 is 5.32 Å². The number of nitrogens with one attached hydrogen (secondary N) is 1. The van der Waals surface area contributed by atoms with Crippen LogP contribution in [0.5, 0.6) is 0 Å². The molecule has 0 aliphatic carbocycles. The summed E-state index contributed by atoms with van der Waals surface area (Å²) in [5.41, 5.74) is 0. The Morgan fingerprint density at radius 1 is 1.69 bits per heavy atom. The highest BCUT2D eigenvalue weighted by Crippen LogP contribution is 2.10. The highest BCUT2D eigenvalue weighted by molar-refractivity contribution is 5.73. The van der Waals surface area contributed by atoms with Gasteiger partial charge in [-0.15, -0.1) is 0 Å². The molecule has 5 nitrogen and oxygen atoms in total. The van der Waals surface area contributed by atoms with E-state index in [9.17, 15) is 4.79 Å². The van der Waals surface area contributed by atoms with Crippen molar-refractivity contribution in [3.63, 3.8) is 0 Å². The smallest absolute Gasteiger partial charge is 0.317 e. The van der Waals surface area contributed by atoms with Crippen molar-refractivity contribution in [2.45, 2.75) is 19.1 Å². The Morgan fingerprint density at radius 2 is 2.38 bits per heavy atom. The lowest BCUT2D eigenvalue weighted by atomic mass is 10.2. The zero-order chi connectivity index (χ0) is 9.84. The Morgan fingerprint density at radius 3 is 2.92 bits per heavy atom. The van der Waals surface area contributed by atoms with E-state index in [1.54, 1.807) is 11.9 Å². The molecule has 1 fully saturated rings. The van der Waals surface area contributed by atoms with Crippen molar-refractivity contribution in [2.24, 2.45) is 0 Å². The Bertz CT molecular complexity index is 186. The van der Waals surface area contributed by atoms with Crippen LogP contribution in [0.15, 0.2) is 0 Å². The number of carbonyl (C=O) groups is 1. The zero-order valence-electron chi connectivity index (χ0n) is 7.99. The quantitative estimate of drug-likeness (QED) is 0.578. The van der Waals surface area contributed by atoms with Crippen LogP contribution >= 0.6 is 0 Å². The van der Waals surface area contributed by atoms with Gasteiger partial charge in [0, 0.05) is 13.6 Å². The lowest BCUT2D eigenvalue weighted by Gasteiger charge is -2.35. The maximum Gasteiger partial charge on any atom is 0.317 e. The number of hydrogen-bond donors (Lipinski definition) is 2. The number of nitrogens with zero attached hydrogens (tertiary/aromatic N) is 1. The first-order chi connectivity index (χ1) is 6.17. The average molecular weight is 188 g/mol. The number of carbonyl (C=O) groups excluding carboxylic acids is 1. The molecule has 2 unspecified atom stereocenters. The first-order valence-corrected chi connectivity index (χ1v) is 4.40. The molecule has 1 heterocycles. The third kappa shape index (κ3) is 2.57. The molecule has 1 rings (SSSR count). The summed E-state index contributed by atoms with van der Waals surface area (Å²) in [7, 11) is 1.59. The third-order valence-electron chi connectivity index (χ3n) is 2.03. The van der Waals surface area contributed by atoms with E-state index >= 15 is 0 Å². The van der Waals surface area contributed by atoms with Gasteiger partial charge < -0.3 is 20.1 Å². The van der Waals surface area contributed by atoms with E-state index in [4.69, 9.17) is 9.84 Å². The molecule has 2 amide bonds. The molecule has 2 atom stereocenters. The second-order valence-electron chi connectivity index (χ2n) is 3.21. The standard InChI is InChI=1S/C8H16N2O3/c1-6-3-10(8(12)9-2)4-7(5-11)13-6/h6-7,11H,3-5H2,1-2H3,(H,9,12). The van der Waals surface area contributed by atoms with Crippen LogP contribution in [-0.4, -0.2) is 55.0 Å². The summed E-state index contributed by atoms with van der Waals surface area (Å²) in [4.78, 5) is 12.9. The summed E-state index contributed by atoms with van der Waals surface area (Å²) in [5.74, 6) is 0. The van der Waals surface area contributed by atoms with Gasteiger partial charge in [0.15, 0.2) is 0 Å². The molecule has 76 valence electrons. The van der Waals surface area contributed by atoms with Crippen molar-refractivity contribution < 1.29 is 14.6 Å². The van der Waals surface area contributed by atoms with E-state index in [1.807, 2.05) is 6.92 Å². The number of hydrogen-bond acceptors (Lipinski definition) is 3. The van der Waals surface area contributed by atoms with Crippen LogP contribution in [0.4, 0.5) is 4.79 Å². The third-order valence-corrected chi connectivity index (χ3v) is 2.03. The molecule has 0 bridgehead atoms. The number of aliphatic hydroxyl groups is 1. The van der Waals surface area contributed by atoms with E-state index < -0.39 is 0 Å². The van der Waals surface area contributed by atoms with Gasteiger partial charge in [0.25, 0.3) is 0 Å². The maximum absolute atomic E-state index is 11.3. The van der Waals surface area contributed by atoms with E-state index in [0.29, 0.717) is 13.1 Å². The molecule has 0 aromatic rings. The summed E-state index contributed by atoms with van der Waals surface area (Å²) in [5, 5.41) is 11.4. The van der Waals surface area contributed by atoms with Gasteiger partial charge in [0.1, 0.15) is 0 Å². The average Bonchev–Trinajstić information content (AvgIpc) is 2.15. The zero-order valence-corrected chi connectivity index (χ0v) is 7.99. The van der Waals surface area contributed by atoms with Gasteiger partial charge in [0.2, 0.25) is 0 Å². The van der Waals surface area contributed by atoms with E-state index in [0.717, 1.165) is 0 Å². The molecular weight excluding hydrogens is 172 g/mol. The van der Waals surface area contributed by atoms with Gasteiger partial charge in [-0.2, -0.15) is 0 Å². The SMILES string of the molecule is CNC(=O)N1CC(C)OC(CO)C1. The van der Waals surface area contributed by atoms with Crippen LogP contribution in [0.3, 0.4) is 0 Å². The normalized spacial score (nSPS) is 28.7. The summed E-state index contributed by atoms with van der Waals surface area (Å²) in [6.07, 6.45) is -0.260. The van der Waals surface area contributed by atoms with Crippen molar-refractivity contribution >= 4 is 6.03 Å². The van der Waals surface area contributed by atoms with Crippen LogP contribution in [0.1, 0.15) is 6.92 Å². The lowest BCUT2D eigenvalue weighted by molar-refractivity contribution is -0.0832. The molecule has 1 aliphatic rings. The number of amides is 2. The molecule has 2 N–H and O–H groups in total. The highest BCUT2D eigenvalue weighted by atomic mass is 16.5. The number of rotatable bonds is 1. The van der Waals surface area contributed by atoms with E-state index in [2.05, 4.69) is 5.32 Å². The van der Waals surface area contributed by atoms with Crippen molar-refractivity contribution in [1.29, 1.82) is 0 Å². The second kappa shape index (κ2) is 4.43. The van der Waals surface area contributed by atoms with Gasteiger partial charge in [-0.3, -0.25) is 0 Å². The molecule has 1 aliphatic heterocycles. The molecule has 0 aromatic carbocycles. The Labute approximate surface area is 77.7 Å². The van der Waals surface area contributed by atoms with Gasteiger partial charge in [-0.05, 0) is 6.92 Å². The number of urea groups is 1. The van der Waals surface area contributed by atoms with E-state index in [-0.39, 0.29) is 24.8 Å². The highest BCUT2D eigenvalue weighted by Gasteiger charge is 2.27. The van der Waals surface area contributed by atoms with Crippen molar-refractivity contribution in [1.82, 2.24) is 10.2 Å². The topological polar surface area (TPSA) is 61.8 Å². The molecule has 13 heavy (non-hydrogen) atoms. The molecule has 0 spiro atoms. The van der Waals surface area contributed by atoms with Gasteiger partial charge in [-0.1, -0.05) is 0 Å². The van der Waals surface area contributed by atoms with Gasteiger partial charge in [0.05, 0.1) is 25.4 Å². The van der Waals surface area contributed by atoms with Crippen LogP contribution in [0.2, 0.25) is 0 Å². The fourth-order valence-electron chi connectivity index (χ4n) is 1.47. The molecule has 0 aromatic heterocycles. The summed E-state index contributed by atoms with van der Waals surface area (Å²) in [6.45, 7) is 2.88. The van der Waals surface area contributed by atoms with Crippen LogP contribution in [0, 0.1) is 0 Å². The minimum atomic E-state index is -0.249. The minimum Gasteiger partial charge on any atom is -0.394 e. The Kier molecular flexibility index (Phi) is 3.50. The van der Waals surface area contributed by atoms with Crippen LogP contribution in [-0.2, 0) is 4.74 Å². The van der Waals surface area contributed by atoms with Crippen molar-refractivity contribution in [2.75, 3.05) is 26.7 Å². The number of morpholine rings is 1. The van der Waals surface area contributed by atoms with Crippen molar-refractivity contribution in [3.8, 4) is 0 Å². The summed E-state index contributed by atoms with van der Waals surface area (Å²) >= 11 is 0. The Balaban J connectivity index is 2.51. The number of ether oxygens (including phenoxy) is 1. The predicted octanol–water partition coefficient (Wildman–Crippen LogP) is -0.593. The Hall–Kier alpha value is -0.810. The fraction of sp³-hybridized carbons (Fsp3) is 0.875. The molecule has 0 radical (unpaired) electrons. The molecular formula is C8H16N2O3. The molecule has 0 saturated carbocycles. The molecule has 1 saturated heterocycles. The fourth-order valence-corrected chi connectivity index (χ4v) is 1.47. The number of aliphatic hydroxyl groups excluding tert-OH is 1. The minimum absolute atomic E-state index is 0.0109. The monoisotopic (exact) mass is 188 g/mol. The summed E-state index contributed by atoms with van der Waals surface area (Å²) < 4.78 is 5.39. The second-order valence-corrected chi connectivity index (χ2v) is 3.21. The van der Waals surface area contributed by atoms with Crippen molar-refractivity contribution in [3.05, 3.63) is 0 Å². The van der Waals surface area contributed by atoms with E-state index in [1.165, 1.54) is 0 Å². The van der Waals surface area contributed by atoms with Crippen LogP contribution in [0.25, 0.3) is 0 Å². The first kappa shape index (κ1) is 10.3.